The van der Waals surface area contributed by atoms with Gasteiger partial charge in [-0.1, -0.05) is 28.1 Å². The van der Waals surface area contributed by atoms with Crippen molar-refractivity contribution in [2.24, 2.45) is 12.0 Å². The van der Waals surface area contributed by atoms with Crippen LogP contribution in [0.2, 0.25) is 0 Å². The van der Waals surface area contributed by atoms with Gasteiger partial charge in [0.25, 0.3) is 0 Å². The first-order valence-corrected chi connectivity index (χ1v) is 9.20. The number of benzene rings is 1. The highest BCUT2D eigenvalue weighted by atomic mass is 127. The Bertz CT molecular complexity index is 758. The number of likely N-dealkylation sites (N-methyl/N-ethyl adjacent to an activating group) is 1. The van der Waals surface area contributed by atoms with Gasteiger partial charge in [-0.05, 0) is 29.8 Å². The minimum atomic E-state index is 0. The molecule has 0 unspecified atom stereocenters. The molecule has 0 aliphatic carbocycles. The van der Waals surface area contributed by atoms with Crippen LogP contribution >= 0.6 is 39.9 Å². The third-order valence-electron chi connectivity index (χ3n) is 4.03. The van der Waals surface area contributed by atoms with Gasteiger partial charge < -0.3 is 19.7 Å². The van der Waals surface area contributed by atoms with Crippen LogP contribution in [-0.4, -0.2) is 53.9 Å². The van der Waals surface area contributed by atoms with E-state index in [1.54, 1.807) is 19.0 Å². The Hall–Kier alpha value is -1.55. The molecule has 0 saturated heterocycles. The summed E-state index contributed by atoms with van der Waals surface area (Å²) in [5, 5.41) is 3.18. The predicted octanol–water partition coefficient (Wildman–Crippen LogP) is 3.07. The number of nitrogens with zero attached hydrogens (tertiary/aromatic N) is 4. The topological polar surface area (TPSA) is 52.9 Å². The van der Waals surface area contributed by atoms with Crippen LogP contribution in [0.1, 0.15) is 11.3 Å². The van der Waals surface area contributed by atoms with Crippen molar-refractivity contribution in [1.29, 1.82) is 0 Å². The van der Waals surface area contributed by atoms with Crippen molar-refractivity contribution in [2.75, 3.05) is 27.7 Å². The molecule has 0 spiro atoms. The van der Waals surface area contributed by atoms with Crippen molar-refractivity contribution in [2.45, 2.75) is 13.1 Å². The molecule has 8 heteroatoms. The number of hydrogen-bond acceptors (Lipinski definition) is 2. The molecule has 1 amide bonds. The normalized spacial score (nSPS) is 10.9. The zero-order valence-electron chi connectivity index (χ0n) is 16.1. The van der Waals surface area contributed by atoms with Crippen molar-refractivity contribution in [3.05, 3.63) is 58.3 Å². The Morgan fingerprint density at radius 2 is 1.85 bits per heavy atom. The van der Waals surface area contributed by atoms with E-state index in [-0.39, 0.29) is 36.4 Å². The Kier molecular flexibility index (Phi) is 9.86. The maximum Gasteiger partial charge on any atom is 0.241 e. The number of rotatable bonds is 6. The van der Waals surface area contributed by atoms with Crippen molar-refractivity contribution < 1.29 is 4.79 Å². The lowest BCUT2D eigenvalue weighted by Crippen LogP contribution is -2.43. The molecule has 1 aromatic heterocycles. The lowest BCUT2D eigenvalue weighted by atomic mass is 10.2. The third-order valence-corrected chi connectivity index (χ3v) is 4.56. The fourth-order valence-corrected chi connectivity index (χ4v) is 2.62. The first-order valence-electron chi connectivity index (χ1n) is 8.41. The van der Waals surface area contributed by atoms with E-state index in [0.717, 1.165) is 10.0 Å². The van der Waals surface area contributed by atoms with Gasteiger partial charge in [-0.15, -0.1) is 24.0 Å². The Morgan fingerprint density at radius 3 is 2.41 bits per heavy atom. The van der Waals surface area contributed by atoms with Crippen LogP contribution in [0.25, 0.3) is 0 Å². The summed E-state index contributed by atoms with van der Waals surface area (Å²) >= 11 is 3.44. The Balaban J connectivity index is 0.00000364. The van der Waals surface area contributed by atoms with Gasteiger partial charge in [0.1, 0.15) is 0 Å². The van der Waals surface area contributed by atoms with E-state index in [1.807, 2.05) is 55.5 Å². The molecule has 0 aliphatic heterocycles. The average molecular weight is 548 g/mol. The van der Waals surface area contributed by atoms with Crippen LogP contribution in [0, 0.1) is 0 Å². The van der Waals surface area contributed by atoms with Gasteiger partial charge in [-0.25, -0.2) is 4.99 Å². The second kappa shape index (κ2) is 11.3. The highest BCUT2D eigenvalue weighted by molar-refractivity contribution is 14.0. The molecule has 0 fully saturated rings. The standard InChI is InChI=1S/C19H26BrN5O.HI/c1-23(2)18(26)13-22-19(21-12-15-7-9-16(20)10-8-15)25(4)14-17-6-5-11-24(17)3;/h5-11H,12-14H2,1-4H3,(H,21,22);1H. The maximum atomic E-state index is 11.9. The molecule has 0 radical (unpaired) electrons. The number of aryl methyl sites for hydroxylation is 1. The summed E-state index contributed by atoms with van der Waals surface area (Å²) in [5.41, 5.74) is 2.28. The van der Waals surface area contributed by atoms with E-state index in [2.05, 4.69) is 31.9 Å². The van der Waals surface area contributed by atoms with Crippen LogP contribution < -0.4 is 5.32 Å². The van der Waals surface area contributed by atoms with E-state index in [0.29, 0.717) is 19.0 Å². The van der Waals surface area contributed by atoms with Gasteiger partial charge in [0.2, 0.25) is 5.91 Å². The highest BCUT2D eigenvalue weighted by Crippen LogP contribution is 2.11. The second-order valence-electron chi connectivity index (χ2n) is 6.37. The van der Waals surface area contributed by atoms with Gasteiger partial charge >= 0.3 is 0 Å². The average Bonchev–Trinajstić information content (AvgIpc) is 3.00. The minimum Gasteiger partial charge on any atom is -0.353 e. The van der Waals surface area contributed by atoms with Crippen molar-refractivity contribution in [1.82, 2.24) is 19.7 Å². The largest absolute Gasteiger partial charge is 0.353 e. The molecular formula is C19H27BrIN5O. The number of hydrogen-bond donors (Lipinski definition) is 1. The summed E-state index contributed by atoms with van der Waals surface area (Å²) in [5.74, 6) is 0.706. The maximum absolute atomic E-state index is 11.9. The number of aromatic nitrogens is 1. The zero-order valence-corrected chi connectivity index (χ0v) is 20.1. The number of guanidine groups is 1. The Labute approximate surface area is 186 Å². The van der Waals surface area contributed by atoms with Gasteiger partial charge in [0.15, 0.2) is 5.96 Å². The monoisotopic (exact) mass is 547 g/mol. The molecule has 0 bridgehead atoms. The summed E-state index contributed by atoms with van der Waals surface area (Å²) in [6, 6.07) is 12.2. The summed E-state index contributed by atoms with van der Waals surface area (Å²) in [7, 11) is 7.48. The molecule has 1 N–H and O–H groups in total. The molecule has 0 atom stereocenters. The molecule has 27 heavy (non-hydrogen) atoms. The molecule has 1 heterocycles. The van der Waals surface area contributed by atoms with Gasteiger partial charge in [0.05, 0.1) is 19.6 Å². The predicted molar refractivity (Wildman–Crippen MR) is 124 cm³/mol. The van der Waals surface area contributed by atoms with Crippen LogP contribution in [0.3, 0.4) is 0 Å². The van der Waals surface area contributed by atoms with Gasteiger partial charge in [-0.3, -0.25) is 4.79 Å². The lowest BCUT2D eigenvalue weighted by Gasteiger charge is -2.23. The van der Waals surface area contributed by atoms with Crippen LogP contribution in [0.15, 0.2) is 52.1 Å². The quantitative estimate of drug-likeness (QED) is 0.343. The van der Waals surface area contributed by atoms with Crippen molar-refractivity contribution in [3.63, 3.8) is 0 Å². The van der Waals surface area contributed by atoms with Crippen LogP contribution in [-0.2, 0) is 24.9 Å². The number of amides is 1. The number of carbonyl (C=O) groups is 1. The molecule has 1 aromatic carbocycles. The highest BCUT2D eigenvalue weighted by Gasteiger charge is 2.11. The molecule has 2 rings (SSSR count). The zero-order chi connectivity index (χ0) is 19.1. The van der Waals surface area contributed by atoms with E-state index in [9.17, 15) is 4.79 Å². The first-order chi connectivity index (χ1) is 12.4. The van der Waals surface area contributed by atoms with Crippen LogP contribution in [0.4, 0.5) is 0 Å². The Morgan fingerprint density at radius 1 is 1.19 bits per heavy atom. The number of halogens is 2. The van der Waals surface area contributed by atoms with Gasteiger partial charge in [-0.2, -0.15) is 0 Å². The number of carbonyl (C=O) groups excluding carboxylic acids is 1. The van der Waals surface area contributed by atoms with Crippen molar-refractivity contribution in [3.8, 4) is 0 Å². The molecule has 148 valence electrons. The summed E-state index contributed by atoms with van der Waals surface area (Å²) in [4.78, 5) is 20.2. The second-order valence-corrected chi connectivity index (χ2v) is 7.29. The lowest BCUT2D eigenvalue weighted by molar-refractivity contribution is -0.127. The van der Waals surface area contributed by atoms with Gasteiger partial charge in [0, 0.05) is 44.6 Å². The fourth-order valence-electron chi connectivity index (χ4n) is 2.36. The van der Waals surface area contributed by atoms with E-state index < -0.39 is 0 Å². The van der Waals surface area contributed by atoms with E-state index >= 15 is 0 Å². The van der Waals surface area contributed by atoms with Crippen molar-refractivity contribution >= 4 is 51.8 Å². The molecular weight excluding hydrogens is 521 g/mol. The number of aliphatic imine (C=N–C) groups is 1. The first kappa shape index (κ1) is 23.5. The number of nitrogens with one attached hydrogen (secondary N) is 1. The molecule has 2 aromatic rings. The third kappa shape index (κ3) is 7.53. The fraction of sp³-hybridized carbons (Fsp3) is 0.368. The van der Waals surface area contributed by atoms with E-state index in [4.69, 9.17) is 4.99 Å². The minimum absolute atomic E-state index is 0. The SMILES string of the molecule is CN(C)C(=O)CNC(=NCc1ccc(Br)cc1)N(C)Cc1cccn1C.I. The summed E-state index contributed by atoms with van der Waals surface area (Å²) in [6.45, 7) is 1.46. The molecule has 0 saturated carbocycles. The van der Waals surface area contributed by atoms with Crippen LogP contribution in [0.5, 0.6) is 0 Å². The summed E-state index contributed by atoms with van der Waals surface area (Å²) in [6.07, 6.45) is 2.02. The molecule has 0 aliphatic rings. The molecule has 6 nitrogen and oxygen atoms in total. The summed E-state index contributed by atoms with van der Waals surface area (Å²) < 4.78 is 3.12. The smallest absolute Gasteiger partial charge is 0.241 e. The van der Waals surface area contributed by atoms with E-state index in [1.165, 1.54) is 5.69 Å².